The molecule has 3 aliphatic rings. The van der Waals surface area contributed by atoms with Gasteiger partial charge in [-0.15, -0.1) is 0 Å². The first kappa shape index (κ1) is 35.8. The largest absolute Gasteiger partial charge is 0.435 e. The van der Waals surface area contributed by atoms with Crippen LogP contribution < -0.4 is 5.32 Å². The molecule has 0 unspecified atom stereocenters. The van der Waals surface area contributed by atoms with Crippen LogP contribution in [0.1, 0.15) is 48.4 Å². The Morgan fingerprint density at radius 3 is 2.49 bits per heavy atom. The number of nitrogens with zero attached hydrogens (tertiary/aromatic N) is 7. The Labute approximate surface area is 308 Å². The number of benzene rings is 3. The number of halogens is 2. The number of allylic oxidation sites excluding steroid dienone is 1. The maximum atomic E-state index is 14.0. The van der Waals surface area contributed by atoms with Crippen molar-refractivity contribution in [3.8, 4) is 28.7 Å². The van der Waals surface area contributed by atoms with Gasteiger partial charge in [0.05, 0.1) is 11.3 Å². The number of alkyl halides is 2. The predicted molar refractivity (Wildman–Crippen MR) is 209 cm³/mol. The van der Waals surface area contributed by atoms with Gasteiger partial charge in [-0.2, -0.15) is 5.26 Å². The Morgan fingerprint density at radius 2 is 1.77 bits per heavy atom. The van der Waals surface area contributed by atoms with Crippen molar-refractivity contribution in [1.29, 1.82) is 5.26 Å². The molecule has 0 aliphatic carbocycles. The van der Waals surface area contributed by atoms with E-state index in [0.717, 1.165) is 72.5 Å². The number of anilines is 1. The van der Waals surface area contributed by atoms with Gasteiger partial charge < -0.3 is 9.73 Å². The van der Waals surface area contributed by atoms with Crippen LogP contribution in [0.4, 0.5) is 14.5 Å². The Morgan fingerprint density at radius 1 is 1.02 bits per heavy atom. The van der Waals surface area contributed by atoms with E-state index in [9.17, 15) is 14.0 Å². The number of amidine groups is 2. The predicted octanol–water partition coefficient (Wildman–Crippen LogP) is 8.85. The number of aromatic nitrogens is 1. The minimum absolute atomic E-state index is 0.203. The molecule has 0 spiro atoms. The van der Waals surface area contributed by atoms with Crippen molar-refractivity contribution in [2.75, 3.05) is 38.0 Å². The standard InChI is InChI=1S/C42H42F2N8O/c1-5-34-37(46-16-10-19-51-17-6-7-18-51)40(50-41(47-34)39(43)44)48-35-14-9-12-32(28(35)4)31-11-8-13-33(27(31)3)42-49-36-22-29(21-30(23-45)38(36)53-42)25-52-20-15-26(2)24-52/h5,8-14,16,21-22,39H,2,6-7,15,17-20,24-25H2,1,3-4H3,(H,47,48,50)/b16-10+,34-5+,46-37+. The van der Waals surface area contributed by atoms with Gasteiger partial charge >= 0.3 is 0 Å². The monoisotopic (exact) mass is 712 g/mol. The molecular formula is C42H42F2N8O. The zero-order valence-electron chi connectivity index (χ0n) is 30.3. The van der Waals surface area contributed by atoms with Crippen molar-refractivity contribution in [3.63, 3.8) is 0 Å². The molecule has 4 aromatic rings. The molecule has 7 rings (SSSR count). The van der Waals surface area contributed by atoms with E-state index in [-0.39, 0.29) is 5.84 Å². The van der Waals surface area contributed by atoms with E-state index in [1.54, 1.807) is 19.2 Å². The van der Waals surface area contributed by atoms with Gasteiger partial charge in [0.15, 0.2) is 17.3 Å². The van der Waals surface area contributed by atoms with Crippen molar-refractivity contribution in [1.82, 2.24) is 14.8 Å². The Bertz CT molecular complexity index is 2270. The highest BCUT2D eigenvalue weighted by molar-refractivity contribution is 6.53. The van der Waals surface area contributed by atoms with Crippen LogP contribution in [0.25, 0.3) is 33.7 Å². The fourth-order valence-corrected chi connectivity index (χ4v) is 7.21. The molecule has 2 saturated heterocycles. The normalized spacial score (nSPS) is 18.5. The third-order valence-corrected chi connectivity index (χ3v) is 10.0. The number of oxazole rings is 1. The fraction of sp³-hybridized carbons (Fsp3) is 0.310. The average Bonchev–Trinajstić information content (AvgIpc) is 3.93. The second kappa shape index (κ2) is 15.6. The summed E-state index contributed by atoms with van der Waals surface area (Å²) < 4.78 is 34.2. The first-order valence-electron chi connectivity index (χ1n) is 18.0. The van der Waals surface area contributed by atoms with Crippen LogP contribution in [0.3, 0.4) is 0 Å². The number of hydrogen-bond donors (Lipinski definition) is 1. The van der Waals surface area contributed by atoms with Gasteiger partial charge in [0.2, 0.25) is 5.89 Å². The minimum Gasteiger partial charge on any atom is -0.435 e. The summed E-state index contributed by atoms with van der Waals surface area (Å²) in [4.78, 5) is 22.5. The molecule has 1 N–H and O–H groups in total. The highest BCUT2D eigenvalue weighted by Crippen LogP contribution is 2.37. The van der Waals surface area contributed by atoms with Crippen LogP contribution in [0.2, 0.25) is 0 Å². The third-order valence-electron chi connectivity index (χ3n) is 10.0. The van der Waals surface area contributed by atoms with Gasteiger partial charge in [0, 0.05) is 43.6 Å². The summed E-state index contributed by atoms with van der Waals surface area (Å²) >= 11 is 0. The van der Waals surface area contributed by atoms with Gasteiger partial charge in [-0.3, -0.25) is 14.8 Å². The van der Waals surface area contributed by atoms with E-state index in [4.69, 9.17) is 9.40 Å². The molecule has 9 nitrogen and oxygen atoms in total. The molecule has 11 heteroatoms. The lowest BCUT2D eigenvalue weighted by Gasteiger charge is -2.20. The lowest BCUT2D eigenvalue weighted by atomic mass is 9.92. The summed E-state index contributed by atoms with van der Waals surface area (Å²) in [6.07, 6.45) is 5.86. The zero-order chi connectivity index (χ0) is 37.1. The molecule has 0 atom stereocenters. The number of rotatable bonds is 9. The maximum Gasteiger partial charge on any atom is 0.297 e. The van der Waals surface area contributed by atoms with Gasteiger partial charge in [-0.25, -0.2) is 23.7 Å². The van der Waals surface area contributed by atoms with Crippen molar-refractivity contribution >= 4 is 34.2 Å². The summed E-state index contributed by atoms with van der Waals surface area (Å²) in [5.41, 5.74) is 9.73. The molecule has 4 heterocycles. The summed E-state index contributed by atoms with van der Waals surface area (Å²) in [6, 6.07) is 18.0. The maximum absolute atomic E-state index is 14.0. The first-order valence-corrected chi connectivity index (χ1v) is 18.0. The highest BCUT2D eigenvalue weighted by atomic mass is 19.3. The number of nitriles is 1. The van der Waals surface area contributed by atoms with Gasteiger partial charge in [-0.05, 0) is 105 Å². The summed E-state index contributed by atoms with van der Waals surface area (Å²) in [5, 5.41) is 13.3. The number of likely N-dealkylation sites (tertiary alicyclic amines) is 2. The molecule has 0 amide bonds. The zero-order valence-corrected chi connectivity index (χ0v) is 30.3. The molecule has 0 radical (unpaired) electrons. The molecule has 270 valence electrons. The quantitative estimate of drug-likeness (QED) is 0.174. The third kappa shape index (κ3) is 7.65. The van der Waals surface area contributed by atoms with Crippen molar-refractivity contribution in [3.05, 3.63) is 107 Å². The number of aliphatic imine (C=N–C) groups is 3. The van der Waals surface area contributed by atoms with Crippen LogP contribution in [-0.4, -0.2) is 71.3 Å². The van der Waals surface area contributed by atoms with E-state index >= 15 is 0 Å². The molecular weight excluding hydrogens is 671 g/mol. The molecule has 3 aromatic carbocycles. The highest BCUT2D eigenvalue weighted by Gasteiger charge is 2.26. The lowest BCUT2D eigenvalue weighted by molar-refractivity contribution is 0.224. The van der Waals surface area contributed by atoms with Crippen molar-refractivity contribution in [2.24, 2.45) is 15.0 Å². The average molecular weight is 713 g/mol. The lowest BCUT2D eigenvalue weighted by Crippen LogP contribution is -2.31. The smallest absolute Gasteiger partial charge is 0.297 e. The van der Waals surface area contributed by atoms with E-state index in [2.05, 4.69) is 42.7 Å². The van der Waals surface area contributed by atoms with E-state index < -0.39 is 12.3 Å². The molecule has 0 saturated carbocycles. The van der Waals surface area contributed by atoms with E-state index in [0.29, 0.717) is 46.2 Å². The second-order valence-electron chi connectivity index (χ2n) is 13.7. The Kier molecular flexibility index (Phi) is 10.5. The number of nitrogens with one attached hydrogen (secondary N) is 1. The fourth-order valence-electron chi connectivity index (χ4n) is 7.21. The van der Waals surface area contributed by atoms with Gasteiger partial charge in [0.25, 0.3) is 6.43 Å². The summed E-state index contributed by atoms with van der Waals surface area (Å²) in [6.45, 7) is 15.3. The Balaban J connectivity index is 1.20. The minimum atomic E-state index is -2.85. The number of hydrogen-bond acceptors (Lipinski definition) is 9. The van der Waals surface area contributed by atoms with Crippen LogP contribution in [0.5, 0.6) is 0 Å². The van der Waals surface area contributed by atoms with Crippen molar-refractivity contribution in [2.45, 2.75) is 53.0 Å². The SMILES string of the molecule is C=C1CCN(Cc2cc(C#N)c3oc(-c4cccc(-c5cccc(NC6=NC(C(F)F)=NC(=C/C)/C6=N\C=C\CN6CCCC6)c5C)c4C)nc3c2)C1. The van der Waals surface area contributed by atoms with E-state index in [1.807, 2.05) is 68.5 Å². The van der Waals surface area contributed by atoms with E-state index in [1.165, 1.54) is 18.4 Å². The van der Waals surface area contributed by atoms with Crippen molar-refractivity contribution < 1.29 is 13.2 Å². The second-order valence-corrected chi connectivity index (χ2v) is 13.7. The summed E-state index contributed by atoms with van der Waals surface area (Å²) in [7, 11) is 0. The van der Waals surface area contributed by atoms with Gasteiger partial charge in [0.1, 0.15) is 17.3 Å². The van der Waals surface area contributed by atoms with Crippen LogP contribution in [-0.2, 0) is 6.54 Å². The van der Waals surface area contributed by atoms with Crippen LogP contribution >= 0.6 is 0 Å². The molecule has 3 aliphatic heterocycles. The van der Waals surface area contributed by atoms with Crippen LogP contribution in [0, 0.1) is 25.2 Å². The van der Waals surface area contributed by atoms with Crippen LogP contribution in [0.15, 0.2) is 104 Å². The molecule has 2 fully saturated rings. The summed E-state index contributed by atoms with van der Waals surface area (Å²) in [5.74, 6) is 0.0704. The molecule has 53 heavy (non-hydrogen) atoms. The molecule has 1 aromatic heterocycles. The Hall–Kier alpha value is -5.57. The van der Waals surface area contributed by atoms with Gasteiger partial charge in [-0.1, -0.05) is 48.6 Å². The topological polar surface area (TPSA) is 105 Å². The first-order chi connectivity index (χ1) is 25.7. The molecule has 0 bridgehead atoms. The number of fused-ring (bicyclic) bond motifs is 1.